The second kappa shape index (κ2) is 5.59. The van der Waals surface area contributed by atoms with Gasteiger partial charge in [0, 0.05) is 16.9 Å². The fraction of sp³-hybridized carbons (Fsp3) is 0.357. The van der Waals surface area contributed by atoms with E-state index in [0.29, 0.717) is 16.8 Å². The third-order valence-electron chi connectivity index (χ3n) is 2.57. The van der Waals surface area contributed by atoms with Gasteiger partial charge in [0.25, 0.3) is 0 Å². The molecule has 0 N–H and O–H groups in total. The maximum Gasteiger partial charge on any atom is 0.141 e. The van der Waals surface area contributed by atoms with Gasteiger partial charge in [-0.15, -0.1) is 11.3 Å². The molecule has 0 amide bonds. The SMILES string of the molecule is CC(C)(C)c1csc(COc2ccc(Br)c(F)c2)n1. The Hall–Kier alpha value is -0.940. The number of halogens is 2. The number of hydrogen-bond acceptors (Lipinski definition) is 3. The van der Waals surface area contributed by atoms with Crippen molar-refractivity contribution in [2.75, 3.05) is 0 Å². The average molecular weight is 344 g/mol. The van der Waals surface area contributed by atoms with E-state index in [4.69, 9.17) is 4.74 Å². The van der Waals surface area contributed by atoms with Crippen LogP contribution in [0.15, 0.2) is 28.1 Å². The van der Waals surface area contributed by atoms with Gasteiger partial charge in [0.15, 0.2) is 0 Å². The molecule has 1 aromatic heterocycles. The van der Waals surface area contributed by atoms with Crippen molar-refractivity contribution in [3.8, 4) is 5.75 Å². The number of nitrogens with zero attached hydrogens (tertiary/aromatic N) is 1. The molecule has 19 heavy (non-hydrogen) atoms. The van der Waals surface area contributed by atoms with E-state index in [9.17, 15) is 4.39 Å². The summed E-state index contributed by atoms with van der Waals surface area (Å²) in [5, 5.41) is 2.94. The molecule has 2 nitrogen and oxygen atoms in total. The molecular formula is C14H15BrFNOS. The van der Waals surface area contributed by atoms with Crippen molar-refractivity contribution >= 4 is 27.3 Å². The molecule has 0 atom stereocenters. The lowest BCUT2D eigenvalue weighted by atomic mass is 9.93. The maximum absolute atomic E-state index is 13.3. The third kappa shape index (κ3) is 3.76. The second-order valence-electron chi connectivity index (χ2n) is 5.24. The minimum absolute atomic E-state index is 0.0401. The van der Waals surface area contributed by atoms with Gasteiger partial charge in [0.1, 0.15) is 23.2 Å². The zero-order valence-corrected chi connectivity index (χ0v) is 13.4. The highest BCUT2D eigenvalue weighted by atomic mass is 79.9. The summed E-state index contributed by atoms with van der Waals surface area (Å²) in [5.74, 6) is 0.181. The van der Waals surface area contributed by atoms with Crippen molar-refractivity contribution in [1.82, 2.24) is 4.98 Å². The summed E-state index contributed by atoms with van der Waals surface area (Å²) in [6, 6.07) is 4.72. The Balaban J connectivity index is 2.02. The summed E-state index contributed by atoms with van der Waals surface area (Å²) < 4.78 is 19.3. The maximum atomic E-state index is 13.3. The first-order valence-corrected chi connectivity index (χ1v) is 7.56. The Kier molecular flexibility index (Phi) is 4.26. The van der Waals surface area contributed by atoms with Crippen LogP contribution in [0.5, 0.6) is 5.75 Å². The van der Waals surface area contributed by atoms with Crippen molar-refractivity contribution in [2.24, 2.45) is 0 Å². The number of hydrogen-bond donors (Lipinski definition) is 0. The van der Waals surface area contributed by atoms with E-state index < -0.39 is 0 Å². The summed E-state index contributed by atoms with van der Waals surface area (Å²) in [6.07, 6.45) is 0. The molecule has 0 spiro atoms. The highest BCUT2D eigenvalue weighted by Crippen LogP contribution is 2.25. The van der Waals surface area contributed by atoms with E-state index in [1.807, 2.05) is 5.38 Å². The number of aromatic nitrogens is 1. The van der Waals surface area contributed by atoms with Crippen LogP contribution in [0.2, 0.25) is 0 Å². The van der Waals surface area contributed by atoms with E-state index in [0.717, 1.165) is 10.7 Å². The Morgan fingerprint density at radius 3 is 2.68 bits per heavy atom. The molecule has 0 unspecified atom stereocenters. The van der Waals surface area contributed by atoms with Crippen LogP contribution in [0.25, 0.3) is 0 Å². The van der Waals surface area contributed by atoms with Gasteiger partial charge in [0.05, 0.1) is 10.2 Å². The largest absolute Gasteiger partial charge is 0.486 e. The first-order chi connectivity index (χ1) is 8.86. The first-order valence-electron chi connectivity index (χ1n) is 5.89. The lowest BCUT2D eigenvalue weighted by molar-refractivity contribution is 0.303. The topological polar surface area (TPSA) is 22.1 Å². The summed E-state index contributed by atoms with van der Waals surface area (Å²) in [4.78, 5) is 4.53. The van der Waals surface area contributed by atoms with E-state index in [1.165, 1.54) is 6.07 Å². The highest BCUT2D eigenvalue weighted by Gasteiger charge is 2.17. The molecule has 5 heteroatoms. The standard InChI is InChI=1S/C14H15BrFNOS/c1-14(2,3)12-8-19-13(17-12)7-18-9-4-5-10(15)11(16)6-9/h4-6,8H,7H2,1-3H3. The lowest BCUT2D eigenvalue weighted by Gasteiger charge is -2.14. The van der Waals surface area contributed by atoms with Crippen LogP contribution in [0, 0.1) is 5.82 Å². The van der Waals surface area contributed by atoms with Crippen LogP contribution in [0.3, 0.4) is 0 Å². The number of thiazole rings is 1. The molecule has 2 rings (SSSR count). The molecule has 2 aromatic rings. The van der Waals surface area contributed by atoms with Gasteiger partial charge in [-0.3, -0.25) is 0 Å². The van der Waals surface area contributed by atoms with Gasteiger partial charge in [-0.05, 0) is 28.1 Å². The Labute approximate surface area is 124 Å². The molecule has 0 aliphatic heterocycles. The quantitative estimate of drug-likeness (QED) is 0.788. The van der Waals surface area contributed by atoms with Crippen LogP contribution in [-0.4, -0.2) is 4.98 Å². The summed E-state index contributed by atoms with van der Waals surface area (Å²) in [5.41, 5.74) is 1.09. The molecule has 0 fully saturated rings. The van der Waals surface area contributed by atoms with Crippen LogP contribution in [0.4, 0.5) is 4.39 Å². The van der Waals surface area contributed by atoms with E-state index in [2.05, 4.69) is 41.7 Å². The molecule has 0 radical (unpaired) electrons. The molecule has 1 aromatic carbocycles. The average Bonchev–Trinajstić information content (AvgIpc) is 2.79. The van der Waals surface area contributed by atoms with E-state index in [-0.39, 0.29) is 11.2 Å². The molecule has 0 saturated carbocycles. The molecule has 0 aliphatic carbocycles. The fourth-order valence-corrected chi connectivity index (χ4v) is 2.61. The van der Waals surface area contributed by atoms with Crippen LogP contribution < -0.4 is 4.74 Å². The Morgan fingerprint density at radius 1 is 1.37 bits per heavy atom. The van der Waals surface area contributed by atoms with E-state index in [1.54, 1.807) is 23.5 Å². The smallest absolute Gasteiger partial charge is 0.141 e. The summed E-state index contributed by atoms with van der Waals surface area (Å²) in [7, 11) is 0. The molecule has 0 saturated heterocycles. The van der Waals surface area contributed by atoms with Gasteiger partial charge in [-0.25, -0.2) is 9.37 Å². The van der Waals surface area contributed by atoms with Crippen molar-refractivity contribution in [3.05, 3.63) is 44.6 Å². The normalized spacial score (nSPS) is 11.6. The number of ether oxygens (including phenoxy) is 1. The Bertz CT molecular complexity index is 577. The van der Waals surface area contributed by atoms with E-state index >= 15 is 0 Å². The predicted octanol–water partition coefficient (Wildman–Crippen LogP) is 4.92. The predicted molar refractivity (Wildman–Crippen MR) is 79.2 cm³/mol. The van der Waals surface area contributed by atoms with Crippen LogP contribution in [0.1, 0.15) is 31.5 Å². The number of rotatable bonds is 3. The monoisotopic (exact) mass is 343 g/mol. The van der Waals surface area contributed by atoms with Gasteiger partial charge < -0.3 is 4.74 Å². The minimum Gasteiger partial charge on any atom is -0.486 e. The molecule has 1 heterocycles. The molecule has 0 aliphatic rings. The van der Waals surface area contributed by atoms with Gasteiger partial charge in [-0.1, -0.05) is 20.8 Å². The summed E-state index contributed by atoms with van der Waals surface area (Å²) in [6.45, 7) is 6.73. The van der Waals surface area contributed by atoms with Crippen molar-refractivity contribution in [3.63, 3.8) is 0 Å². The lowest BCUT2D eigenvalue weighted by Crippen LogP contribution is -2.11. The van der Waals surface area contributed by atoms with Crippen molar-refractivity contribution < 1.29 is 9.13 Å². The summed E-state index contributed by atoms with van der Waals surface area (Å²) >= 11 is 4.67. The van der Waals surface area contributed by atoms with Crippen LogP contribution >= 0.6 is 27.3 Å². The molecule has 102 valence electrons. The molecule has 0 bridgehead atoms. The third-order valence-corrected chi connectivity index (χ3v) is 4.04. The highest BCUT2D eigenvalue weighted by molar-refractivity contribution is 9.10. The number of benzene rings is 1. The second-order valence-corrected chi connectivity index (χ2v) is 7.04. The first kappa shape index (κ1) is 14.5. The molecular weight excluding hydrogens is 329 g/mol. The van der Waals surface area contributed by atoms with Gasteiger partial charge in [-0.2, -0.15) is 0 Å². The van der Waals surface area contributed by atoms with Crippen molar-refractivity contribution in [1.29, 1.82) is 0 Å². The fourth-order valence-electron chi connectivity index (χ4n) is 1.43. The Morgan fingerprint density at radius 2 is 2.11 bits per heavy atom. The van der Waals surface area contributed by atoms with Crippen LogP contribution in [-0.2, 0) is 12.0 Å². The van der Waals surface area contributed by atoms with Gasteiger partial charge >= 0.3 is 0 Å². The zero-order chi connectivity index (χ0) is 14.0. The van der Waals surface area contributed by atoms with Crippen molar-refractivity contribution in [2.45, 2.75) is 32.8 Å². The minimum atomic E-state index is -0.327. The van der Waals surface area contributed by atoms with Gasteiger partial charge in [0.2, 0.25) is 0 Å². The zero-order valence-electron chi connectivity index (χ0n) is 11.0.